The number of halogens is 2. The molecule has 0 bridgehead atoms. The van der Waals surface area contributed by atoms with Crippen LogP contribution in [0.15, 0.2) is 18.2 Å². The van der Waals surface area contributed by atoms with Crippen LogP contribution in [0.2, 0.25) is 0 Å². The molecule has 1 aromatic carbocycles. The van der Waals surface area contributed by atoms with Gasteiger partial charge in [0, 0.05) is 19.2 Å². The summed E-state index contributed by atoms with van der Waals surface area (Å²) < 4.78 is 31.3. The molecule has 1 fully saturated rings. The molecule has 1 saturated heterocycles. The van der Waals surface area contributed by atoms with Gasteiger partial charge < -0.3 is 15.4 Å². The molecule has 0 saturated carbocycles. The highest BCUT2D eigenvalue weighted by molar-refractivity contribution is 5.80. The number of carbonyl (C=O) groups is 1. The summed E-state index contributed by atoms with van der Waals surface area (Å²) in [5.41, 5.74) is 0.105. The molecule has 0 radical (unpaired) electrons. The van der Waals surface area contributed by atoms with Crippen LogP contribution in [0.3, 0.4) is 0 Å². The van der Waals surface area contributed by atoms with Gasteiger partial charge >= 0.3 is 0 Å². The van der Waals surface area contributed by atoms with E-state index in [0.717, 1.165) is 31.6 Å². The molecule has 104 valence electrons. The highest BCUT2D eigenvalue weighted by Gasteiger charge is 2.16. The summed E-state index contributed by atoms with van der Waals surface area (Å²) in [5.74, 6) is -1.61. The Kier molecular flexibility index (Phi) is 4.68. The van der Waals surface area contributed by atoms with Gasteiger partial charge in [0.05, 0.1) is 18.3 Å². The molecule has 0 spiro atoms. The van der Waals surface area contributed by atoms with Crippen molar-refractivity contribution in [3.05, 3.63) is 29.8 Å². The van der Waals surface area contributed by atoms with Crippen molar-refractivity contribution in [2.45, 2.75) is 18.9 Å². The number of nitrogens with one attached hydrogen (secondary N) is 2. The minimum Gasteiger partial charge on any atom is -0.376 e. The van der Waals surface area contributed by atoms with Crippen molar-refractivity contribution in [1.29, 1.82) is 0 Å². The first-order chi connectivity index (χ1) is 9.15. The molecule has 1 aromatic rings. The second kappa shape index (κ2) is 6.47. The molecule has 1 aliphatic rings. The van der Waals surface area contributed by atoms with Crippen LogP contribution in [0.1, 0.15) is 12.8 Å². The third kappa shape index (κ3) is 4.17. The summed E-state index contributed by atoms with van der Waals surface area (Å²) in [6, 6.07) is 3.17. The summed E-state index contributed by atoms with van der Waals surface area (Å²) in [7, 11) is 0. The van der Waals surface area contributed by atoms with E-state index >= 15 is 0 Å². The second-order valence-electron chi connectivity index (χ2n) is 4.42. The minimum atomic E-state index is -0.716. The molecular formula is C13H16F2N2O2. The number of benzene rings is 1. The first-order valence-electron chi connectivity index (χ1n) is 6.22. The molecule has 19 heavy (non-hydrogen) atoms. The number of carbonyl (C=O) groups excluding carboxylic acids is 1. The summed E-state index contributed by atoms with van der Waals surface area (Å²) in [6.07, 6.45) is 2.03. The maximum absolute atomic E-state index is 13.3. The first kappa shape index (κ1) is 13.7. The zero-order valence-corrected chi connectivity index (χ0v) is 10.4. The predicted octanol–water partition coefficient (Wildman–Crippen LogP) is 1.67. The largest absolute Gasteiger partial charge is 0.376 e. The second-order valence-corrected chi connectivity index (χ2v) is 4.42. The van der Waals surface area contributed by atoms with Gasteiger partial charge in [0.2, 0.25) is 5.91 Å². The SMILES string of the molecule is O=C(CNc1ccc(F)cc1F)NCC1CCCO1. The van der Waals surface area contributed by atoms with E-state index in [1.54, 1.807) is 0 Å². The van der Waals surface area contributed by atoms with Crippen molar-refractivity contribution >= 4 is 11.6 Å². The van der Waals surface area contributed by atoms with E-state index in [-0.39, 0.29) is 24.2 Å². The number of hydrogen-bond acceptors (Lipinski definition) is 3. The van der Waals surface area contributed by atoms with Crippen molar-refractivity contribution in [3.8, 4) is 0 Å². The van der Waals surface area contributed by atoms with Gasteiger partial charge in [-0.2, -0.15) is 0 Å². The van der Waals surface area contributed by atoms with E-state index in [0.29, 0.717) is 6.54 Å². The Hall–Kier alpha value is -1.69. The summed E-state index contributed by atoms with van der Waals surface area (Å²) in [5, 5.41) is 5.32. The van der Waals surface area contributed by atoms with Crippen molar-refractivity contribution in [3.63, 3.8) is 0 Å². The smallest absolute Gasteiger partial charge is 0.239 e. The molecule has 2 N–H and O–H groups in total. The molecule has 4 nitrogen and oxygen atoms in total. The van der Waals surface area contributed by atoms with Crippen LogP contribution < -0.4 is 10.6 Å². The third-order valence-electron chi connectivity index (χ3n) is 2.92. The maximum atomic E-state index is 13.3. The van der Waals surface area contributed by atoms with Crippen LogP contribution in [0.25, 0.3) is 0 Å². The first-order valence-corrected chi connectivity index (χ1v) is 6.22. The van der Waals surface area contributed by atoms with Gasteiger partial charge in [-0.05, 0) is 25.0 Å². The molecule has 1 heterocycles. The highest BCUT2D eigenvalue weighted by Crippen LogP contribution is 2.14. The van der Waals surface area contributed by atoms with Crippen LogP contribution in [0.4, 0.5) is 14.5 Å². The van der Waals surface area contributed by atoms with Crippen LogP contribution in [-0.4, -0.2) is 31.7 Å². The van der Waals surface area contributed by atoms with Gasteiger partial charge in [-0.25, -0.2) is 8.78 Å². The van der Waals surface area contributed by atoms with Crippen LogP contribution in [-0.2, 0) is 9.53 Å². The maximum Gasteiger partial charge on any atom is 0.239 e. The summed E-state index contributed by atoms with van der Waals surface area (Å²) >= 11 is 0. The lowest BCUT2D eigenvalue weighted by molar-refractivity contribution is -0.119. The van der Waals surface area contributed by atoms with E-state index in [4.69, 9.17) is 4.74 Å². The Balaban J connectivity index is 1.73. The number of amides is 1. The highest BCUT2D eigenvalue weighted by atomic mass is 19.1. The fraction of sp³-hybridized carbons (Fsp3) is 0.462. The Bertz CT molecular complexity index is 448. The number of hydrogen-bond donors (Lipinski definition) is 2. The standard InChI is InChI=1S/C13H16F2N2O2/c14-9-3-4-12(11(15)6-9)16-8-13(18)17-7-10-2-1-5-19-10/h3-4,6,10,16H,1-2,5,7-8H2,(H,17,18). The monoisotopic (exact) mass is 270 g/mol. The molecule has 1 unspecified atom stereocenters. The van der Waals surface area contributed by atoms with Crippen LogP contribution in [0.5, 0.6) is 0 Å². The Labute approximate surface area is 110 Å². The fourth-order valence-corrected chi connectivity index (χ4v) is 1.90. The number of rotatable bonds is 5. The van der Waals surface area contributed by atoms with Gasteiger partial charge in [0.1, 0.15) is 11.6 Å². The van der Waals surface area contributed by atoms with E-state index in [2.05, 4.69) is 10.6 Å². The van der Waals surface area contributed by atoms with Gasteiger partial charge in [0.15, 0.2) is 0 Å². The molecule has 1 amide bonds. The lowest BCUT2D eigenvalue weighted by Gasteiger charge is -2.12. The molecule has 2 rings (SSSR count). The Morgan fingerprint density at radius 2 is 2.26 bits per heavy atom. The third-order valence-corrected chi connectivity index (χ3v) is 2.92. The average molecular weight is 270 g/mol. The molecular weight excluding hydrogens is 254 g/mol. The molecule has 1 atom stereocenters. The topological polar surface area (TPSA) is 50.4 Å². The summed E-state index contributed by atoms with van der Waals surface area (Å²) in [6.45, 7) is 1.14. The zero-order chi connectivity index (χ0) is 13.7. The van der Waals surface area contributed by atoms with Crippen molar-refractivity contribution in [2.75, 3.05) is 25.0 Å². The number of anilines is 1. The summed E-state index contributed by atoms with van der Waals surface area (Å²) in [4.78, 5) is 11.5. The Morgan fingerprint density at radius 3 is 2.95 bits per heavy atom. The molecule has 0 aromatic heterocycles. The van der Waals surface area contributed by atoms with E-state index < -0.39 is 11.6 Å². The van der Waals surface area contributed by atoms with Crippen LogP contribution >= 0.6 is 0 Å². The molecule has 1 aliphatic heterocycles. The quantitative estimate of drug-likeness (QED) is 0.855. The van der Waals surface area contributed by atoms with Gasteiger partial charge in [-0.15, -0.1) is 0 Å². The Morgan fingerprint density at radius 1 is 1.42 bits per heavy atom. The van der Waals surface area contributed by atoms with E-state index in [1.165, 1.54) is 6.07 Å². The van der Waals surface area contributed by atoms with Crippen molar-refractivity contribution in [1.82, 2.24) is 5.32 Å². The van der Waals surface area contributed by atoms with Crippen molar-refractivity contribution < 1.29 is 18.3 Å². The van der Waals surface area contributed by atoms with Crippen molar-refractivity contribution in [2.24, 2.45) is 0 Å². The van der Waals surface area contributed by atoms with Gasteiger partial charge in [-0.1, -0.05) is 0 Å². The zero-order valence-electron chi connectivity index (χ0n) is 10.4. The van der Waals surface area contributed by atoms with Gasteiger partial charge in [0.25, 0.3) is 0 Å². The average Bonchev–Trinajstić information content (AvgIpc) is 2.88. The lowest BCUT2D eigenvalue weighted by atomic mass is 10.2. The fourth-order valence-electron chi connectivity index (χ4n) is 1.90. The van der Waals surface area contributed by atoms with E-state index in [1.807, 2.05) is 0 Å². The van der Waals surface area contributed by atoms with Crippen LogP contribution in [0, 0.1) is 11.6 Å². The minimum absolute atomic E-state index is 0.0602. The predicted molar refractivity (Wildman–Crippen MR) is 66.8 cm³/mol. The lowest BCUT2D eigenvalue weighted by Crippen LogP contribution is -2.35. The van der Waals surface area contributed by atoms with Gasteiger partial charge in [-0.3, -0.25) is 4.79 Å². The number of ether oxygens (including phenoxy) is 1. The molecule has 6 heteroatoms. The molecule has 0 aliphatic carbocycles. The normalized spacial score (nSPS) is 18.3. The van der Waals surface area contributed by atoms with E-state index in [9.17, 15) is 13.6 Å².